The maximum Gasteiger partial charge on any atom is 0.231 e. The van der Waals surface area contributed by atoms with Gasteiger partial charge in [-0.2, -0.15) is 0 Å². The van der Waals surface area contributed by atoms with Crippen LogP contribution < -0.4 is 5.73 Å². The quantitative estimate of drug-likeness (QED) is 0.693. The monoisotopic (exact) mass is 354 g/mol. The van der Waals surface area contributed by atoms with Gasteiger partial charge in [0.25, 0.3) is 0 Å². The summed E-state index contributed by atoms with van der Waals surface area (Å²) in [4.78, 5) is 25.1. The van der Waals surface area contributed by atoms with Gasteiger partial charge >= 0.3 is 0 Å². The second-order valence-corrected chi connectivity index (χ2v) is 6.54. The molecule has 0 aliphatic heterocycles. The van der Waals surface area contributed by atoms with Crippen molar-refractivity contribution in [1.29, 1.82) is 0 Å². The molecule has 0 radical (unpaired) electrons. The highest BCUT2D eigenvalue weighted by molar-refractivity contribution is 9.10. The van der Waals surface area contributed by atoms with E-state index in [-0.39, 0.29) is 18.2 Å². The molecule has 0 aliphatic rings. The first-order valence-corrected chi connectivity index (χ1v) is 7.97. The van der Waals surface area contributed by atoms with Gasteiger partial charge in [-0.25, -0.2) is 0 Å². The summed E-state index contributed by atoms with van der Waals surface area (Å²) in [5.74, 6) is 0.271. The molecule has 1 amide bonds. The van der Waals surface area contributed by atoms with Crippen LogP contribution in [0.4, 0.5) is 0 Å². The number of ketones is 1. The number of carbonyl (C=O) groups is 2. The molecule has 0 heterocycles. The fraction of sp³-hybridized carbons (Fsp3) is 0.500. The Kier molecular flexibility index (Phi) is 7.61. The summed E-state index contributed by atoms with van der Waals surface area (Å²) in [7, 11) is 0. The van der Waals surface area contributed by atoms with E-state index in [2.05, 4.69) is 29.8 Å². The van der Waals surface area contributed by atoms with E-state index in [0.29, 0.717) is 18.9 Å². The number of primary amides is 1. The summed E-state index contributed by atoms with van der Waals surface area (Å²) < 4.78 is 0.962. The number of amides is 1. The molecular formula is C16H23BrN2O2. The highest BCUT2D eigenvalue weighted by Crippen LogP contribution is 2.13. The average Bonchev–Trinajstić information content (AvgIpc) is 2.37. The van der Waals surface area contributed by atoms with E-state index in [0.717, 1.165) is 23.0 Å². The van der Waals surface area contributed by atoms with Gasteiger partial charge in [0.05, 0.1) is 6.54 Å². The number of hydrogen-bond acceptors (Lipinski definition) is 3. The molecule has 2 N–H and O–H groups in total. The topological polar surface area (TPSA) is 63.4 Å². The van der Waals surface area contributed by atoms with Gasteiger partial charge in [-0.3, -0.25) is 14.5 Å². The lowest BCUT2D eigenvalue weighted by Crippen LogP contribution is -2.37. The molecule has 0 atom stereocenters. The van der Waals surface area contributed by atoms with Gasteiger partial charge in [-0.1, -0.05) is 41.9 Å². The summed E-state index contributed by atoms with van der Waals surface area (Å²) in [5, 5.41) is 0. The number of hydrogen-bond donors (Lipinski definition) is 1. The standard InChI is InChI=1S/C16H23BrN2O2/c1-12(2)10-19(11-16(18)21)9-3-4-15(20)13-5-7-14(17)8-6-13/h5-8,12H,3-4,9-11H2,1-2H3,(H2,18,21). The number of rotatable bonds is 9. The predicted molar refractivity (Wildman–Crippen MR) is 88.2 cm³/mol. The van der Waals surface area contributed by atoms with Crippen LogP contribution in [-0.2, 0) is 4.79 Å². The van der Waals surface area contributed by atoms with Crippen molar-refractivity contribution >= 4 is 27.6 Å². The summed E-state index contributed by atoms with van der Waals surface area (Å²) >= 11 is 3.35. The first-order valence-electron chi connectivity index (χ1n) is 7.18. The Bertz CT molecular complexity index is 472. The Morgan fingerprint density at radius 1 is 1.24 bits per heavy atom. The molecule has 0 spiro atoms. The van der Waals surface area contributed by atoms with E-state index in [1.807, 2.05) is 29.2 Å². The van der Waals surface area contributed by atoms with Crippen LogP contribution in [0, 0.1) is 5.92 Å². The van der Waals surface area contributed by atoms with Gasteiger partial charge in [0.2, 0.25) is 5.91 Å². The van der Waals surface area contributed by atoms with Gasteiger partial charge in [-0.05, 0) is 31.0 Å². The van der Waals surface area contributed by atoms with Crippen LogP contribution in [0.2, 0.25) is 0 Å². The van der Waals surface area contributed by atoms with Crippen molar-refractivity contribution < 1.29 is 9.59 Å². The van der Waals surface area contributed by atoms with Gasteiger partial charge in [-0.15, -0.1) is 0 Å². The molecule has 0 saturated heterocycles. The molecule has 1 rings (SSSR count). The molecule has 0 fully saturated rings. The highest BCUT2D eigenvalue weighted by Gasteiger charge is 2.12. The van der Waals surface area contributed by atoms with Crippen molar-refractivity contribution in [3.05, 3.63) is 34.3 Å². The molecule has 1 aromatic carbocycles. The summed E-state index contributed by atoms with van der Waals surface area (Å²) in [5.41, 5.74) is 5.98. The average molecular weight is 355 g/mol. The molecule has 0 aromatic heterocycles. The van der Waals surface area contributed by atoms with Gasteiger partial charge in [0, 0.05) is 23.0 Å². The number of nitrogens with two attached hydrogens (primary N) is 1. The minimum Gasteiger partial charge on any atom is -0.369 e. The van der Waals surface area contributed by atoms with Crippen LogP contribution in [0.1, 0.15) is 37.0 Å². The third-order valence-electron chi connectivity index (χ3n) is 3.05. The lowest BCUT2D eigenvalue weighted by molar-refractivity contribution is -0.119. The predicted octanol–water partition coefficient (Wildman–Crippen LogP) is 2.86. The van der Waals surface area contributed by atoms with Crippen molar-refractivity contribution in [3.8, 4) is 0 Å². The first-order chi connectivity index (χ1) is 9.88. The Hall–Kier alpha value is -1.20. The Morgan fingerprint density at radius 2 is 1.86 bits per heavy atom. The smallest absolute Gasteiger partial charge is 0.231 e. The molecule has 4 nitrogen and oxygen atoms in total. The minimum atomic E-state index is -0.324. The molecule has 0 unspecified atom stereocenters. The van der Waals surface area contributed by atoms with E-state index < -0.39 is 0 Å². The minimum absolute atomic E-state index is 0.131. The van der Waals surface area contributed by atoms with Crippen LogP contribution in [0.3, 0.4) is 0 Å². The molecule has 21 heavy (non-hydrogen) atoms. The van der Waals surface area contributed by atoms with E-state index in [9.17, 15) is 9.59 Å². The van der Waals surface area contributed by atoms with Crippen LogP contribution in [-0.4, -0.2) is 36.2 Å². The molecule has 0 aliphatic carbocycles. The maximum absolute atomic E-state index is 12.1. The van der Waals surface area contributed by atoms with Crippen LogP contribution in [0.25, 0.3) is 0 Å². The number of carbonyl (C=O) groups excluding carboxylic acids is 2. The van der Waals surface area contributed by atoms with Gasteiger partial charge < -0.3 is 5.73 Å². The van der Waals surface area contributed by atoms with E-state index in [1.54, 1.807) is 0 Å². The van der Waals surface area contributed by atoms with Crippen molar-refractivity contribution in [1.82, 2.24) is 4.90 Å². The normalized spacial score (nSPS) is 11.1. The Balaban J connectivity index is 2.43. The Labute approximate surface area is 134 Å². The van der Waals surface area contributed by atoms with Crippen molar-refractivity contribution in [2.75, 3.05) is 19.6 Å². The summed E-state index contributed by atoms with van der Waals surface area (Å²) in [6.45, 7) is 5.98. The molecule has 0 saturated carbocycles. The first kappa shape index (κ1) is 17.9. The number of halogens is 1. The lowest BCUT2D eigenvalue weighted by atomic mass is 10.1. The second kappa shape index (κ2) is 8.95. The fourth-order valence-electron chi connectivity index (χ4n) is 2.22. The largest absolute Gasteiger partial charge is 0.369 e. The molecule has 0 bridgehead atoms. The van der Waals surface area contributed by atoms with Gasteiger partial charge in [0.15, 0.2) is 5.78 Å². The highest BCUT2D eigenvalue weighted by atomic mass is 79.9. The number of Topliss-reactive ketones (excluding diaryl/α,β-unsaturated/α-hetero) is 1. The number of benzene rings is 1. The molecule has 1 aromatic rings. The molecule has 5 heteroatoms. The second-order valence-electron chi connectivity index (χ2n) is 5.63. The van der Waals surface area contributed by atoms with Crippen LogP contribution in [0.15, 0.2) is 28.7 Å². The van der Waals surface area contributed by atoms with E-state index >= 15 is 0 Å². The number of nitrogens with zero attached hydrogens (tertiary/aromatic N) is 1. The summed E-state index contributed by atoms with van der Waals surface area (Å²) in [6, 6.07) is 7.38. The van der Waals surface area contributed by atoms with E-state index in [1.165, 1.54) is 0 Å². The fourth-order valence-corrected chi connectivity index (χ4v) is 2.48. The molecule has 116 valence electrons. The van der Waals surface area contributed by atoms with Gasteiger partial charge in [0.1, 0.15) is 0 Å². The van der Waals surface area contributed by atoms with Crippen LogP contribution >= 0.6 is 15.9 Å². The van der Waals surface area contributed by atoms with Crippen molar-refractivity contribution in [3.63, 3.8) is 0 Å². The zero-order chi connectivity index (χ0) is 15.8. The maximum atomic E-state index is 12.1. The van der Waals surface area contributed by atoms with Crippen molar-refractivity contribution in [2.45, 2.75) is 26.7 Å². The SMILES string of the molecule is CC(C)CN(CCCC(=O)c1ccc(Br)cc1)CC(N)=O. The van der Waals surface area contributed by atoms with E-state index in [4.69, 9.17) is 5.73 Å². The molecular weight excluding hydrogens is 332 g/mol. The zero-order valence-corrected chi connectivity index (χ0v) is 14.2. The zero-order valence-electron chi connectivity index (χ0n) is 12.6. The third kappa shape index (κ3) is 7.39. The Morgan fingerprint density at radius 3 is 2.38 bits per heavy atom. The van der Waals surface area contributed by atoms with Crippen molar-refractivity contribution in [2.24, 2.45) is 11.7 Å². The summed E-state index contributed by atoms with van der Waals surface area (Å²) in [6.07, 6.45) is 1.21. The van der Waals surface area contributed by atoms with Crippen LogP contribution in [0.5, 0.6) is 0 Å². The third-order valence-corrected chi connectivity index (χ3v) is 3.58. The lowest BCUT2D eigenvalue weighted by Gasteiger charge is -2.22.